The van der Waals surface area contributed by atoms with Crippen LogP contribution in [0.5, 0.6) is 5.75 Å². The number of nitrogens with one attached hydrogen (secondary N) is 2. The molecule has 2 heterocycles. The van der Waals surface area contributed by atoms with Crippen molar-refractivity contribution in [1.29, 1.82) is 0 Å². The van der Waals surface area contributed by atoms with Crippen molar-refractivity contribution in [3.63, 3.8) is 0 Å². The number of fused-ring (bicyclic) bond motifs is 2. The molecular weight excluding hydrogens is 453 g/mol. The Kier molecular flexibility index (Phi) is 5.56. The van der Waals surface area contributed by atoms with E-state index in [0.29, 0.717) is 45.5 Å². The molecule has 1 aromatic heterocycles. The van der Waals surface area contributed by atoms with E-state index in [-0.39, 0.29) is 28.3 Å². The lowest BCUT2D eigenvalue weighted by molar-refractivity contribution is -0.124. The maximum atomic E-state index is 14.0. The molecule has 3 aromatic rings. The van der Waals surface area contributed by atoms with Crippen LogP contribution in [0.4, 0.5) is 10.2 Å². The van der Waals surface area contributed by atoms with Gasteiger partial charge in [0.25, 0.3) is 5.56 Å². The quantitative estimate of drug-likeness (QED) is 0.363. The predicted molar refractivity (Wildman–Crippen MR) is 129 cm³/mol. The monoisotopic (exact) mass is 477 g/mol. The number of benzene rings is 2. The zero-order valence-electron chi connectivity index (χ0n) is 18.8. The molecule has 2 aromatic carbocycles. The van der Waals surface area contributed by atoms with Gasteiger partial charge in [0.2, 0.25) is 0 Å². The van der Waals surface area contributed by atoms with E-state index in [1.54, 1.807) is 36.4 Å². The molecule has 0 amide bonds. The van der Waals surface area contributed by atoms with Crippen molar-refractivity contribution in [3.8, 4) is 5.75 Å². The number of aromatic amines is 1. The fraction of sp³-hybridized carbons (Fsp3) is 0.269. The molecule has 0 bridgehead atoms. The molecule has 34 heavy (non-hydrogen) atoms. The molecule has 3 N–H and O–H groups in total. The van der Waals surface area contributed by atoms with Crippen molar-refractivity contribution >= 4 is 23.4 Å². The number of hydrogen-bond donors (Lipinski definition) is 3. The first-order chi connectivity index (χ1) is 16.2. The van der Waals surface area contributed by atoms with Crippen LogP contribution in [0.3, 0.4) is 0 Å². The van der Waals surface area contributed by atoms with Crippen LogP contribution in [0, 0.1) is 17.2 Å². The Bertz CT molecular complexity index is 1380. The number of nitrogens with zero attached hydrogens (tertiary/aromatic N) is 1. The smallest absolute Gasteiger partial charge is 0.257 e. The van der Waals surface area contributed by atoms with Crippen LogP contribution in [0.15, 0.2) is 70.3 Å². The highest BCUT2D eigenvalue weighted by atomic mass is 32.2. The number of aromatic nitrogens is 2. The number of carbonyl (C=O) groups is 1. The summed E-state index contributed by atoms with van der Waals surface area (Å²) in [6.45, 7) is 3.99. The maximum Gasteiger partial charge on any atom is 0.257 e. The summed E-state index contributed by atoms with van der Waals surface area (Å²) in [5, 5.41) is 13.7. The third kappa shape index (κ3) is 4.14. The summed E-state index contributed by atoms with van der Waals surface area (Å²) in [6, 6.07) is 13.1. The van der Waals surface area contributed by atoms with Gasteiger partial charge in [-0.2, -0.15) is 0 Å². The molecule has 0 fully saturated rings. The first kappa shape index (κ1) is 22.4. The lowest BCUT2D eigenvalue weighted by Crippen LogP contribution is -2.41. The topological polar surface area (TPSA) is 95.1 Å². The van der Waals surface area contributed by atoms with E-state index in [4.69, 9.17) is 0 Å². The standard InChI is InChI=1S/C26H24FN3O3S/c1-26(2)11-18-21(19(32)12-26)20(14-7-5-8-16(31)10-14)22-23(28-18)29-25(30-24(22)33)34-13-15-6-3-4-9-17(15)27/h3-11,20-21,31H,12-13H2,1-2H3,(H2,28,29,30,33)/t20-,21-/m1/s1. The zero-order chi connectivity index (χ0) is 24.0. The highest BCUT2D eigenvalue weighted by Crippen LogP contribution is 2.48. The third-order valence-corrected chi connectivity index (χ3v) is 7.17. The molecule has 5 rings (SSSR count). The van der Waals surface area contributed by atoms with Gasteiger partial charge in [0.1, 0.15) is 23.2 Å². The maximum absolute atomic E-state index is 14.0. The molecule has 1 aliphatic carbocycles. The lowest BCUT2D eigenvalue weighted by atomic mass is 9.67. The first-order valence-corrected chi connectivity index (χ1v) is 12.0. The van der Waals surface area contributed by atoms with E-state index >= 15 is 0 Å². The van der Waals surface area contributed by atoms with Gasteiger partial charge in [-0.15, -0.1) is 0 Å². The molecule has 0 unspecified atom stereocenters. The summed E-state index contributed by atoms with van der Waals surface area (Å²) in [5.41, 5.74) is 1.56. The minimum absolute atomic E-state index is 0.0337. The van der Waals surface area contributed by atoms with Gasteiger partial charge in [-0.05, 0) is 34.7 Å². The number of halogens is 1. The molecule has 0 spiro atoms. The number of anilines is 1. The van der Waals surface area contributed by atoms with Crippen LogP contribution >= 0.6 is 11.8 Å². The number of phenolic OH excluding ortho intramolecular Hbond substituents is 1. The van der Waals surface area contributed by atoms with Gasteiger partial charge >= 0.3 is 0 Å². The summed E-state index contributed by atoms with van der Waals surface area (Å²) < 4.78 is 14.0. The Balaban J connectivity index is 1.60. The van der Waals surface area contributed by atoms with Gasteiger partial charge in [-0.1, -0.05) is 62.0 Å². The molecule has 1 aliphatic heterocycles. The second-order valence-electron chi connectivity index (χ2n) is 9.42. The van der Waals surface area contributed by atoms with Crippen molar-refractivity contribution in [2.75, 3.05) is 5.32 Å². The Morgan fingerprint density at radius 2 is 1.94 bits per heavy atom. The minimum Gasteiger partial charge on any atom is -0.508 e. The van der Waals surface area contributed by atoms with E-state index in [9.17, 15) is 19.1 Å². The highest BCUT2D eigenvalue weighted by molar-refractivity contribution is 7.98. The van der Waals surface area contributed by atoms with Crippen molar-refractivity contribution in [2.45, 2.75) is 37.1 Å². The van der Waals surface area contributed by atoms with E-state index in [2.05, 4.69) is 15.3 Å². The summed E-state index contributed by atoms with van der Waals surface area (Å²) >= 11 is 1.23. The average molecular weight is 478 g/mol. The number of thioether (sulfide) groups is 1. The van der Waals surface area contributed by atoms with Crippen LogP contribution in [-0.4, -0.2) is 20.9 Å². The molecule has 174 valence electrons. The highest BCUT2D eigenvalue weighted by Gasteiger charge is 2.45. The number of carbonyl (C=O) groups excluding carboxylic acids is 1. The first-order valence-electron chi connectivity index (χ1n) is 11.0. The van der Waals surface area contributed by atoms with Crippen LogP contribution in [0.1, 0.15) is 42.9 Å². The van der Waals surface area contributed by atoms with Gasteiger partial charge in [0, 0.05) is 23.8 Å². The van der Waals surface area contributed by atoms with Gasteiger partial charge in [0.15, 0.2) is 5.16 Å². The van der Waals surface area contributed by atoms with Crippen molar-refractivity contribution in [1.82, 2.24) is 9.97 Å². The fourth-order valence-electron chi connectivity index (χ4n) is 4.83. The number of phenols is 1. The number of aromatic hydroxyl groups is 1. The predicted octanol–water partition coefficient (Wildman–Crippen LogP) is 4.96. The molecule has 8 heteroatoms. The van der Waals surface area contributed by atoms with Gasteiger partial charge in [-0.25, -0.2) is 9.37 Å². The summed E-state index contributed by atoms with van der Waals surface area (Å²) in [5.74, 6) is -0.683. The Morgan fingerprint density at radius 3 is 2.71 bits per heavy atom. The summed E-state index contributed by atoms with van der Waals surface area (Å²) in [4.78, 5) is 34.0. The van der Waals surface area contributed by atoms with E-state index < -0.39 is 11.8 Å². The van der Waals surface area contributed by atoms with Crippen LogP contribution < -0.4 is 10.9 Å². The van der Waals surface area contributed by atoms with Crippen molar-refractivity contribution in [3.05, 3.63) is 93.2 Å². The SMILES string of the molecule is CC1(C)C=C2Nc3nc(SCc4ccccc4F)[nH]c(=O)c3[C@H](c3cccc(O)c3)[C@H]2C(=O)C1. The van der Waals surface area contributed by atoms with Gasteiger partial charge in [0.05, 0.1) is 11.5 Å². The van der Waals surface area contributed by atoms with Gasteiger partial charge < -0.3 is 15.4 Å². The van der Waals surface area contributed by atoms with E-state index in [0.717, 1.165) is 0 Å². The van der Waals surface area contributed by atoms with Crippen LogP contribution in [0.2, 0.25) is 0 Å². The lowest BCUT2D eigenvalue weighted by Gasteiger charge is -2.40. The molecule has 2 atom stereocenters. The van der Waals surface area contributed by atoms with E-state index in [1.807, 2.05) is 26.0 Å². The third-order valence-electron chi connectivity index (χ3n) is 6.25. The normalized spacial score (nSPS) is 20.7. The molecule has 0 radical (unpaired) electrons. The average Bonchev–Trinajstić information content (AvgIpc) is 2.76. The van der Waals surface area contributed by atoms with Crippen LogP contribution in [0.25, 0.3) is 0 Å². The minimum atomic E-state index is -0.583. The van der Waals surface area contributed by atoms with Crippen LogP contribution in [-0.2, 0) is 10.5 Å². The number of rotatable bonds is 4. The van der Waals surface area contributed by atoms with Crippen molar-refractivity contribution < 1.29 is 14.3 Å². The largest absolute Gasteiger partial charge is 0.508 e. The summed E-state index contributed by atoms with van der Waals surface area (Å²) in [7, 11) is 0. The number of allylic oxidation sites excluding steroid dienone is 2. The zero-order valence-corrected chi connectivity index (χ0v) is 19.6. The molecule has 6 nitrogen and oxygen atoms in total. The molecule has 2 aliphatic rings. The molecular formula is C26H24FN3O3S. The van der Waals surface area contributed by atoms with Crippen molar-refractivity contribution in [2.24, 2.45) is 11.3 Å². The van der Waals surface area contributed by atoms with E-state index in [1.165, 1.54) is 17.8 Å². The number of ketones is 1. The van der Waals surface area contributed by atoms with Gasteiger partial charge in [-0.3, -0.25) is 9.59 Å². The Morgan fingerprint density at radius 1 is 1.15 bits per heavy atom. The number of Topliss-reactive ketones (excluding diaryl/α,β-unsaturated/α-hetero) is 1. The Hall–Kier alpha value is -3.39. The fourth-order valence-corrected chi connectivity index (χ4v) is 5.68. The second kappa shape index (κ2) is 8.43. The summed E-state index contributed by atoms with van der Waals surface area (Å²) in [6.07, 6.45) is 2.39. The molecule has 0 saturated heterocycles. The number of hydrogen-bond acceptors (Lipinski definition) is 6. The number of H-pyrrole nitrogens is 1. The Labute approximate surface area is 200 Å². The molecule has 0 saturated carbocycles. The second-order valence-corrected chi connectivity index (χ2v) is 10.4.